The molecule has 1 aliphatic rings. The SMILES string of the molecule is CC1CCCCN1Cc1ccc(NC(=O)Cn2c(=O)oc3ccccc32)cc1. The maximum absolute atomic E-state index is 12.4. The smallest absolute Gasteiger partial charge is 0.408 e. The molecule has 2 aromatic carbocycles. The number of oxazole rings is 1. The zero-order chi connectivity index (χ0) is 19.5. The van der Waals surface area contributed by atoms with Crippen LogP contribution in [0.15, 0.2) is 57.7 Å². The number of carbonyl (C=O) groups excluding carboxylic acids is 1. The van der Waals surface area contributed by atoms with E-state index in [1.165, 1.54) is 29.4 Å². The van der Waals surface area contributed by atoms with Crippen LogP contribution in [0, 0.1) is 0 Å². The highest BCUT2D eigenvalue weighted by molar-refractivity contribution is 5.91. The van der Waals surface area contributed by atoms with Gasteiger partial charge in [-0.1, -0.05) is 30.7 Å². The number of para-hydroxylation sites is 2. The predicted octanol–water partition coefficient (Wildman–Crippen LogP) is 3.61. The summed E-state index contributed by atoms with van der Waals surface area (Å²) in [6, 6.07) is 15.6. The van der Waals surface area contributed by atoms with Crippen molar-refractivity contribution in [2.24, 2.45) is 0 Å². The van der Waals surface area contributed by atoms with Crippen LogP contribution in [0.2, 0.25) is 0 Å². The summed E-state index contributed by atoms with van der Waals surface area (Å²) in [5, 5.41) is 2.86. The van der Waals surface area contributed by atoms with E-state index in [0.717, 1.165) is 18.8 Å². The molecule has 0 bridgehead atoms. The number of likely N-dealkylation sites (tertiary alicyclic amines) is 1. The molecule has 6 heteroatoms. The van der Waals surface area contributed by atoms with Gasteiger partial charge in [0.2, 0.25) is 5.91 Å². The molecule has 6 nitrogen and oxygen atoms in total. The number of benzene rings is 2. The molecule has 1 atom stereocenters. The van der Waals surface area contributed by atoms with Crippen LogP contribution in [0.5, 0.6) is 0 Å². The van der Waals surface area contributed by atoms with Crippen LogP contribution in [0.25, 0.3) is 11.1 Å². The summed E-state index contributed by atoms with van der Waals surface area (Å²) in [5.74, 6) is -0.784. The summed E-state index contributed by atoms with van der Waals surface area (Å²) >= 11 is 0. The Bertz CT molecular complexity index is 1020. The fourth-order valence-electron chi connectivity index (χ4n) is 3.83. The Balaban J connectivity index is 1.39. The van der Waals surface area contributed by atoms with Crippen molar-refractivity contribution in [2.45, 2.75) is 45.3 Å². The molecule has 1 saturated heterocycles. The first-order valence-electron chi connectivity index (χ1n) is 9.81. The van der Waals surface area contributed by atoms with Gasteiger partial charge in [0.05, 0.1) is 5.52 Å². The van der Waals surface area contributed by atoms with Crippen molar-refractivity contribution in [3.05, 3.63) is 64.6 Å². The number of piperidine rings is 1. The number of anilines is 1. The molecule has 3 aromatic rings. The van der Waals surface area contributed by atoms with Crippen LogP contribution in [-0.4, -0.2) is 28.0 Å². The normalized spacial score (nSPS) is 17.7. The molecule has 1 fully saturated rings. The molecule has 0 aliphatic carbocycles. The first-order chi connectivity index (χ1) is 13.6. The Hall–Kier alpha value is -2.86. The number of nitrogens with zero attached hydrogens (tertiary/aromatic N) is 2. The van der Waals surface area contributed by atoms with Gasteiger partial charge in [0.15, 0.2) is 5.58 Å². The van der Waals surface area contributed by atoms with Gasteiger partial charge in [-0.15, -0.1) is 0 Å². The summed E-state index contributed by atoms with van der Waals surface area (Å²) < 4.78 is 6.51. The minimum atomic E-state index is -0.526. The van der Waals surface area contributed by atoms with E-state index in [4.69, 9.17) is 4.42 Å². The Morgan fingerprint density at radius 2 is 1.93 bits per heavy atom. The second kappa shape index (κ2) is 8.02. The third-order valence-electron chi connectivity index (χ3n) is 5.44. The first-order valence-corrected chi connectivity index (χ1v) is 9.81. The zero-order valence-electron chi connectivity index (χ0n) is 16.1. The summed E-state index contributed by atoms with van der Waals surface area (Å²) in [6.45, 7) is 4.29. The Morgan fingerprint density at radius 1 is 1.14 bits per heavy atom. The average Bonchev–Trinajstić information content (AvgIpc) is 3.00. The molecule has 4 rings (SSSR count). The lowest BCUT2D eigenvalue weighted by molar-refractivity contribution is -0.116. The van der Waals surface area contributed by atoms with Gasteiger partial charge in [-0.3, -0.25) is 14.3 Å². The maximum Gasteiger partial charge on any atom is 0.420 e. The Kier molecular flexibility index (Phi) is 5.30. The molecule has 2 heterocycles. The molecule has 1 aliphatic heterocycles. The van der Waals surface area contributed by atoms with E-state index < -0.39 is 5.76 Å². The molecular weight excluding hydrogens is 354 g/mol. The van der Waals surface area contributed by atoms with Gasteiger partial charge in [-0.25, -0.2) is 4.79 Å². The van der Waals surface area contributed by atoms with E-state index in [9.17, 15) is 9.59 Å². The number of hydrogen-bond acceptors (Lipinski definition) is 4. The summed E-state index contributed by atoms with van der Waals surface area (Å²) in [4.78, 5) is 26.9. The molecule has 1 amide bonds. The summed E-state index contributed by atoms with van der Waals surface area (Å²) in [7, 11) is 0. The third-order valence-corrected chi connectivity index (χ3v) is 5.44. The predicted molar refractivity (Wildman–Crippen MR) is 109 cm³/mol. The molecular formula is C22H25N3O3. The molecule has 1 unspecified atom stereocenters. The molecule has 0 radical (unpaired) electrons. The molecule has 1 aromatic heterocycles. The number of fused-ring (bicyclic) bond motifs is 1. The van der Waals surface area contributed by atoms with E-state index in [1.807, 2.05) is 18.2 Å². The topological polar surface area (TPSA) is 67.5 Å². The van der Waals surface area contributed by atoms with Crippen LogP contribution >= 0.6 is 0 Å². The number of aromatic nitrogens is 1. The molecule has 0 spiro atoms. The van der Waals surface area contributed by atoms with E-state index >= 15 is 0 Å². The molecule has 0 saturated carbocycles. The van der Waals surface area contributed by atoms with Crippen molar-refractivity contribution in [3.8, 4) is 0 Å². The maximum atomic E-state index is 12.4. The van der Waals surface area contributed by atoms with Gasteiger partial charge in [-0.05, 0) is 56.1 Å². The highest BCUT2D eigenvalue weighted by atomic mass is 16.4. The van der Waals surface area contributed by atoms with E-state index in [1.54, 1.807) is 18.2 Å². The monoisotopic (exact) mass is 379 g/mol. The highest BCUT2D eigenvalue weighted by Gasteiger charge is 2.18. The van der Waals surface area contributed by atoms with Crippen molar-refractivity contribution in [3.63, 3.8) is 0 Å². The van der Waals surface area contributed by atoms with E-state index in [2.05, 4.69) is 29.3 Å². The van der Waals surface area contributed by atoms with Crippen LogP contribution < -0.4 is 11.1 Å². The first kappa shape index (κ1) is 18.5. The largest absolute Gasteiger partial charge is 0.420 e. The molecule has 146 valence electrons. The van der Waals surface area contributed by atoms with Gasteiger partial charge in [-0.2, -0.15) is 0 Å². The van der Waals surface area contributed by atoms with Crippen LogP contribution in [0.3, 0.4) is 0 Å². The second-order valence-corrected chi connectivity index (χ2v) is 7.48. The van der Waals surface area contributed by atoms with Crippen LogP contribution in [0.4, 0.5) is 5.69 Å². The van der Waals surface area contributed by atoms with Gasteiger partial charge < -0.3 is 9.73 Å². The number of carbonyl (C=O) groups is 1. The number of rotatable bonds is 5. The van der Waals surface area contributed by atoms with Crippen molar-refractivity contribution in [1.29, 1.82) is 0 Å². The van der Waals surface area contributed by atoms with Gasteiger partial charge in [0, 0.05) is 18.3 Å². The lowest BCUT2D eigenvalue weighted by atomic mass is 10.0. The fourth-order valence-corrected chi connectivity index (χ4v) is 3.83. The second-order valence-electron chi connectivity index (χ2n) is 7.48. The van der Waals surface area contributed by atoms with Crippen LogP contribution in [0.1, 0.15) is 31.7 Å². The van der Waals surface area contributed by atoms with Gasteiger partial charge in [0.25, 0.3) is 0 Å². The minimum Gasteiger partial charge on any atom is -0.408 e. The van der Waals surface area contributed by atoms with Crippen molar-refractivity contribution < 1.29 is 9.21 Å². The van der Waals surface area contributed by atoms with Gasteiger partial charge >= 0.3 is 5.76 Å². The van der Waals surface area contributed by atoms with Crippen molar-refractivity contribution >= 4 is 22.7 Å². The quantitative estimate of drug-likeness (QED) is 0.735. The van der Waals surface area contributed by atoms with E-state index in [-0.39, 0.29) is 12.5 Å². The Morgan fingerprint density at radius 3 is 2.71 bits per heavy atom. The molecule has 1 N–H and O–H groups in total. The highest BCUT2D eigenvalue weighted by Crippen LogP contribution is 2.20. The van der Waals surface area contributed by atoms with Gasteiger partial charge in [0.1, 0.15) is 6.54 Å². The standard InChI is InChI=1S/C22H25N3O3/c1-16-6-4-5-13-24(16)14-17-9-11-18(12-10-17)23-21(26)15-25-19-7-2-3-8-20(19)28-22(25)27/h2-3,7-12,16H,4-6,13-15H2,1H3,(H,23,26). The summed E-state index contributed by atoms with van der Waals surface area (Å²) in [5.41, 5.74) is 3.07. The van der Waals surface area contributed by atoms with Crippen molar-refractivity contribution in [1.82, 2.24) is 9.47 Å². The average molecular weight is 379 g/mol. The Labute approximate surface area is 163 Å². The number of nitrogens with one attached hydrogen (secondary N) is 1. The molecule has 28 heavy (non-hydrogen) atoms. The minimum absolute atomic E-state index is 0.0805. The third kappa shape index (κ3) is 4.02. The number of hydrogen-bond donors (Lipinski definition) is 1. The summed E-state index contributed by atoms with van der Waals surface area (Å²) in [6.07, 6.45) is 3.84. The fraction of sp³-hybridized carbons (Fsp3) is 0.364. The lowest BCUT2D eigenvalue weighted by Crippen LogP contribution is -2.36. The van der Waals surface area contributed by atoms with Crippen molar-refractivity contribution in [2.75, 3.05) is 11.9 Å². The zero-order valence-corrected chi connectivity index (χ0v) is 16.1. The van der Waals surface area contributed by atoms with E-state index in [0.29, 0.717) is 17.1 Å². The lowest BCUT2D eigenvalue weighted by Gasteiger charge is -2.33. The van der Waals surface area contributed by atoms with Crippen LogP contribution in [-0.2, 0) is 17.9 Å². The number of amides is 1.